The molecule has 42 heavy (non-hydrogen) atoms. The first-order valence-electron chi connectivity index (χ1n) is 14.4. The van der Waals surface area contributed by atoms with Gasteiger partial charge in [-0.25, -0.2) is 0 Å². The van der Waals surface area contributed by atoms with Gasteiger partial charge in [-0.1, -0.05) is 121 Å². The Morgan fingerprint density at radius 3 is 1.64 bits per heavy atom. The van der Waals surface area contributed by atoms with Crippen LogP contribution < -0.4 is 4.90 Å². The average Bonchev–Trinajstić information content (AvgIpc) is 3.45. The second-order valence-corrected chi connectivity index (χ2v) is 12.0. The molecule has 196 valence electrons. The fraction of sp³-hybridized carbons (Fsp3) is 0. The molecule has 1 aromatic heterocycles. The van der Waals surface area contributed by atoms with Gasteiger partial charge in [0.05, 0.1) is 16.1 Å². The van der Waals surface area contributed by atoms with E-state index in [1.165, 1.54) is 74.6 Å². The zero-order valence-corrected chi connectivity index (χ0v) is 23.6. The van der Waals surface area contributed by atoms with E-state index >= 15 is 0 Å². The molecule has 1 nitrogen and oxygen atoms in total. The molecule has 0 amide bonds. The number of thiophene rings is 1. The van der Waals surface area contributed by atoms with Crippen LogP contribution in [0.4, 0.5) is 17.1 Å². The molecule has 0 atom stereocenters. The summed E-state index contributed by atoms with van der Waals surface area (Å²) in [5.41, 5.74) is 3.54. The van der Waals surface area contributed by atoms with Crippen LogP contribution in [-0.2, 0) is 0 Å². The topological polar surface area (TPSA) is 3.24 Å². The minimum Gasteiger partial charge on any atom is -0.308 e. The summed E-state index contributed by atoms with van der Waals surface area (Å²) in [5, 5.41) is 12.8. The highest BCUT2D eigenvalue weighted by atomic mass is 32.1. The van der Waals surface area contributed by atoms with Crippen LogP contribution in [0.25, 0.3) is 63.3 Å². The summed E-state index contributed by atoms with van der Waals surface area (Å²) in [5.74, 6) is 0. The molecule has 0 fully saturated rings. The van der Waals surface area contributed by atoms with Crippen molar-refractivity contribution in [2.45, 2.75) is 0 Å². The van der Waals surface area contributed by atoms with E-state index < -0.39 is 0 Å². The summed E-state index contributed by atoms with van der Waals surface area (Å²) < 4.78 is 2.61. The Morgan fingerprint density at radius 2 is 0.881 bits per heavy atom. The van der Waals surface area contributed by atoms with Gasteiger partial charge in [-0.05, 0) is 68.0 Å². The third-order valence-corrected chi connectivity index (χ3v) is 9.83. The number of fused-ring (bicyclic) bond motifs is 10. The highest BCUT2D eigenvalue weighted by Gasteiger charge is 2.20. The number of nitrogens with zero attached hydrogens (tertiary/aromatic N) is 1. The third kappa shape index (κ3) is 3.43. The van der Waals surface area contributed by atoms with Gasteiger partial charge in [-0.3, -0.25) is 0 Å². The van der Waals surface area contributed by atoms with E-state index in [0.29, 0.717) is 0 Å². The molecule has 0 saturated carbocycles. The lowest BCUT2D eigenvalue weighted by atomic mass is 9.94. The first kappa shape index (κ1) is 23.5. The zero-order valence-electron chi connectivity index (χ0n) is 22.8. The smallest absolute Gasteiger partial charge is 0.0640 e. The molecular formula is C40H25NS. The van der Waals surface area contributed by atoms with Gasteiger partial charge in [0.15, 0.2) is 0 Å². The standard InChI is InChI=1S/C40H25NS/c1-2-13-28-26(11-1)12-9-20-37(28)41(38-21-10-19-35-34-18-7-8-22-39(34)42-40(35)38)27-23-24-33-31-16-4-3-14-29(31)30-15-5-6-17-32(30)36(33)25-27/h1-25H. The van der Waals surface area contributed by atoms with E-state index in [1.54, 1.807) is 0 Å². The fourth-order valence-corrected chi connectivity index (χ4v) is 7.96. The molecule has 0 aliphatic heterocycles. The number of hydrogen-bond donors (Lipinski definition) is 0. The largest absolute Gasteiger partial charge is 0.308 e. The van der Waals surface area contributed by atoms with Gasteiger partial charge in [0, 0.05) is 26.5 Å². The molecule has 0 aliphatic rings. The lowest BCUT2D eigenvalue weighted by molar-refractivity contribution is 1.32. The molecule has 9 aromatic rings. The van der Waals surface area contributed by atoms with Gasteiger partial charge < -0.3 is 4.90 Å². The number of hydrogen-bond acceptors (Lipinski definition) is 2. The Kier molecular flexibility index (Phi) is 5.13. The Hall–Kier alpha value is -5.18. The molecule has 0 N–H and O–H groups in total. The Bertz CT molecular complexity index is 2450. The highest BCUT2D eigenvalue weighted by Crippen LogP contribution is 2.47. The lowest BCUT2D eigenvalue weighted by Crippen LogP contribution is -2.10. The van der Waals surface area contributed by atoms with Gasteiger partial charge in [-0.2, -0.15) is 0 Å². The van der Waals surface area contributed by atoms with Crippen LogP contribution in [0.15, 0.2) is 152 Å². The quantitative estimate of drug-likeness (QED) is 0.197. The summed E-state index contributed by atoms with van der Waals surface area (Å²) >= 11 is 1.88. The lowest BCUT2D eigenvalue weighted by Gasteiger charge is -2.28. The summed E-state index contributed by atoms with van der Waals surface area (Å²) in [7, 11) is 0. The van der Waals surface area contributed by atoms with Gasteiger partial charge >= 0.3 is 0 Å². The van der Waals surface area contributed by atoms with Crippen molar-refractivity contribution in [2.75, 3.05) is 4.90 Å². The second kappa shape index (κ2) is 9.17. The van der Waals surface area contributed by atoms with Crippen LogP contribution in [0, 0.1) is 0 Å². The molecule has 0 radical (unpaired) electrons. The van der Waals surface area contributed by atoms with Crippen LogP contribution in [0.2, 0.25) is 0 Å². The van der Waals surface area contributed by atoms with Crippen LogP contribution in [0.5, 0.6) is 0 Å². The van der Waals surface area contributed by atoms with Crippen molar-refractivity contribution in [3.63, 3.8) is 0 Å². The van der Waals surface area contributed by atoms with Crippen LogP contribution in [-0.4, -0.2) is 0 Å². The minimum atomic E-state index is 1.16. The normalized spacial score (nSPS) is 11.8. The maximum absolute atomic E-state index is 2.48. The molecule has 0 bridgehead atoms. The molecular weight excluding hydrogens is 527 g/mol. The van der Waals surface area contributed by atoms with E-state index in [9.17, 15) is 0 Å². The molecule has 2 heteroatoms. The summed E-state index contributed by atoms with van der Waals surface area (Å²) in [6, 6.07) is 55.5. The van der Waals surface area contributed by atoms with E-state index in [2.05, 4.69) is 157 Å². The Morgan fingerprint density at radius 1 is 0.357 bits per heavy atom. The monoisotopic (exact) mass is 551 g/mol. The molecule has 9 rings (SSSR count). The van der Waals surface area contributed by atoms with Crippen molar-refractivity contribution in [1.82, 2.24) is 0 Å². The van der Waals surface area contributed by atoms with Crippen molar-refractivity contribution in [3.05, 3.63) is 152 Å². The number of rotatable bonds is 3. The molecule has 1 heterocycles. The summed E-state index contributed by atoms with van der Waals surface area (Å²) in [6.07, 6.45) is 0. The molecule has 0 saturated heterocycles. The summed E-state index contributed by atoms with van der Waals surface area (Å²) in [6.45, 7) is 0. The first-order chi connectivity index (χ1) is 20.8. The van der Waals surface area contributed by atoms with Crippen molar-refractivity contribution < 1.29 is 0 Å². The molecule has 0 aliphatic carbocycles. The average molecular weight is 552 g/mol. The van der Waals surface area contributed by atoms with Crippen molar-refractivity contribution in [1.29, 1.82) is 0 Å². The van der Waals surface area contributed by atoms with Crippen molar-refractivity contribution >= 4 is 91.7 Å². The number of benzene rings is 8. The van der Waals surface area contributed by atoms with E-state index in [4.69, 9.17) is 0 Å². The van der Waals surface area contributed by atoms with Crippen molar-refractivity contribution in [3.8, 4) is 0 Å². The highest BCUT2D eigenvalue weighted by molar-refractivity contribution is 7.26. The Labute approximate surface area is 247 Å². The predicted molar refractivity (Wildman–Crippen MR) is 184 cm³/mol. The van der Waals surface area contributed by atoms with Gasteiger partial charge in [0.2, 0.25) is 0 Å². The van der Waals surface area contributed by atoms with Crippen LogP contribution >= 0.6 is 11.3 Å². The zero-order chi connectivity index (χ0) is 27.6. The molecule has 0 unspecified atom stereocenters. The van der Waals surface area contributed by atoms with Crippen LogP contribution in [0.1, 0.15) is 0 Å². The molecule has 8 aromatic carbocycles. The van der Waals surface area contributed by atoms with E-state index in [1.807, 2.05) is 11.3 Å². The minimum absolute atomic E-state index is 1.16. The number of anilines is 3. The fourth-order valence-electron chi connectivity index (χ4n) is 6.75. The van der Waals surface area contributed by atoms with Crippen LogP contribution in [0.3, 0.4) is 0 Å². The summed E-state index contributed by atoms with van der Waals surface area (Å²) in [4.78, 5) is 2.48. The first-order valence-corrected chi connectivity index (χ1v) is 15.2. The third-order valence-electron chi connectivity index (χ3n) is 8.62. The second-order valence-electron chi connectivity index (χ2n) is 10.9. The predicted octanol–water partition coefficient (Wildman–Crippen LogP) is 12.1. The van der Waals surface area contributed by atoms with Gasteiger partial charge in [0.1, 0.15) is 0 Å². The van der Waals surface area contributed by atoms with Crippen molar-refractivity contribution in [2.24, 2.45) is 0 Å². The maximum Gasteiger partial charge on any atom is 0.0640 e. The molecule has 0 spiro atoms. The Balaban J connectivity index is 1.41. The maximum atomic E-state index is 2.48. The van der Waals surface area contributed by atoms with E-state index in [-0.39, 0.29) is 0 Å². The SMILES string of the molecule is c1ccc2c(N(c3ccc4c5ccccc5c5ccccc5c4c3)c3cccc4c3sc3ccccc34)cccc2c1. The van der Waals surface area contributed by atoms with Gasteiger partial charge in [0.25, 0.3) is 0 Å². The van der Waals surface area contributed by atoms with Gasteiger partial charge in [-0.15, -0.1) is 11.3 Å². The van der Waals surface area contributed by atoms with E-state index in [0.717, 1.165) is 5.69 Å².